The fourth-order valence-corrected chi connectivity index (χ4v) is 0.692. The fourth-order valence-electron chi connectivity index (χ4n) is 0.692. The van der Waals surface area contributed by atoms with Gasteiger partial charge in [0.2, 0.25) is 0 Å². The molecule has 0 aliphatic heterocycles. The van der Waals surface area contributed by atoms with Gasteiger partial charge in [0.1, 0.15) is 0 Å². The Kier molecular flexibility index (Phi) is 0.521. The van der Waals surface area contributed by atoms with Gasteiger partial charge in [0.05, 0.1) is 0 Å². The highest BCUT2D eigenvalue weighted by atomic mass is 14.3. The first-order valence-corrected chi connectivity index (χ1v) is 2.91. The summed E-state index contributed by atoms with van der Waals surface area (Å²) in [7, 11) is 0. The number of hydrogen-bond donors (Lipinski definition) is 0. The van der Waals surface area contributed by atoms with Gasteiger partial charge in [-0.05, 0) is 18.3 Å². The largest absolute Gasteiger partial charge is 0.0599 e. The molecule has 1 rings (SSSR count). The van der Waals surface area contributed by atoms with E-state index in [2.05, 4.69) is 0 Å². The van der Waals surface area contributed by atoms with Crippen LogP contribution in [0.3, 0.4) is 0 Å². The van der Waals surface area contributed by atoms with Crippen LogP contribution in [-0.4, -0.2) is 0 Å². The van der Waals surface area contributed by atoms with Crippen molar-refractivity contribution in [1.29, 1.82) is 0 Å². The van der Waals surface area contributed by atoms with Crippen LogP contribution in [0.15, 0.2) is 0 Å². The van der Waals surface area contributed by atoms with Crippen molar-refractivity contribution in [2.75, 3.05) is 0 Å². The third kappa shape index (κ3) is 1.50. The quantitative estimate of drug-likeness (QED) is 0.458. The molecule has 0 bridgehead atoms. The Morgan fingerprint density at radius 2 is 1.62 bits per heavy atom. The minimum Gasteiger partial charge on any atom is -0.0599 e. The van der Waals surface area contributed by atoms with Crippen LogP contribution in [0.5, 0.6) is 0 Å². The second-order valence-electron chi connectivity index (χ2n) is 3.00. The van der Waals surface area contributed by atoms with Gasteiger partial charge in [0.15, 0.2) is 0 Å². The molecule has 1 aliphatic carbocycles. The van der Waals surface area contributed by atoms with Crippen molar-refractivity contribution in [2.24, 2.45) is 5.41 Å². The van der Waals surface area contributed by atoms with Crippen molar-refractivity contribution in [3.05, 3.63) is 0 Å². The van der Waals surface area contributed by atoms with Crippen molar-refractivity contribution in [2.45, 2.75) is 45.8 Å². The summed E-state index contributed by atoms with van der Waals surface area (Å²) in [6.07, 6.45) is -6.48. The molecule has 8 heavy (non-hydrogen) atoms. The molecule has 0 aromatic heterocycles. The Bertz CT molecular complexity index is 220. The zero-order chi connectivity index (χ0) is 11.4. The van der Waals surface area contributed by atoms with E-state index in [0.717, 1.165) is 0 Å². The van der Waals surface area contributed by atoms with Crippen LogP contribution < -0.4 is 0 Å². The van der Waals surface area contributed by atoms with Gasteiger partial charge in [0.25, 0.3) is 0 Å². The minimum atomic E-state index is -2.41. The molecule has 0 aromatic rings. The monoisotopic (exact) mass is 118 g/mol. The SMILES string of the molecule is [2H]C1([2H])CC(C)(C)CC([2H])([2H])C1([2H])[2H]. The fraction of sp³-hybridized carbons (Fsp3) is 1.00. The molecule has 0 N–H and O–H groups in total. The first kappa shape index (κ1) is 2.00. The van der Waals surface area contributed by atoms with Crippen molar-refractivity contribution < 1.29 is 8.22 Å². The molecule has 0 radical (unpaired) electrons. The zero-order valence-electron chi connectivity index (χ0n) is 11.4. The smallest absolute Gasteiger partial charge is 0.0267 e. The van der Waals surface area contributed by atoms with E-state index in [4.69, 9.17) is 8.22 Å². The van der Waals surface area contributed by atoms with E-state index in [9.17, 15) is 0 Å². The van der Waals surface area contributed by atoms with Gasteiger partial charge in [0, 0.05) is 8.22 Å². The van der Waals surface area contributed by atoms with Crippen LogP contribution in [0.2, 0.25) is 0 Å². The lowest BCUT2D eigenvalue weighted by Gasteiger charge is -2.28. The number of hydrogen-bond acceptors (Lipinski definition) is 0. The van der Waals surface area contributed by atoms with Crippen molar-refractivity contribution in [1.82, 2.24) is 0 Å². The van der Waals surface area contributed by atoms with Crippen molar-refractivity contribution in [3.8, 4) is 0 Å². The molecule has 0 heteroatoms. The average Bonchev–Trinajstić information content (AvgIpc) is 1.77. The maximum atomic E-state index is 7.59. The molecule has 1 aliphatic rings. The van der Waals surface area contributed by atoms with Gasteiger partial charge in [-0.1, -0.05) is 33.0 Å². The molecule has 0 spiro atoms. The molecule has 0 aromatic carbocycles. The molecule has 1 saturated carbocycles. The van der Waals surface area contributed by atoms with Crippen LogP contribution >= 0.6 is 0 Å². The highest BCUT2D eigenvalue weighted by molar-refractivity contribution is 4.72. The Morgan fingerprint density at radius 3 is 2.12 bits per heavy atom. The van der Waals surface area contributed by atoms with Crippen LogP contribution in [0.25, 0.3) is 0 Å². The normalized spacial score (nSPS) is 57.8. The highest BCUT2D eigenvalue weighted by Gasteiger charge is 2.19. The standard InChI is InChI=1S/C8H16/c1-8(2)6-4-3-5-7-8/h3-7H2,1-2H3/i3D2,4D2,5D2. The van der Waals surface area contributed by atoms with Gasteiger partial charge in [-0.3, -0.25) is 0 Å². The Morgan fingerprint density at radius 1 is 1.12 bits per heavy atom. The second-order valence-corrected chi connectivity index (χ2v) is 3.00. The number of rotatable bonds is 0. The van der Waals surface area contributed by atoms with E-state index in [-0.39, 0.29) is 12.8 Å². The first-order chi connectivity index (χ1) is 5.91. The third-order valence-electron chi connectivity index (χ3n) is 1.31. The second kappa shape index (κ2) is 2.08. The highest BCUT2D eigenvalue weighted by Crippen LogP contribution is 2.34. The molecular formula is C8H16. The van der Waals surface area contributed by atoms with E-state index in [1.165, 1.54) is 0 Å². The Labute approximate surface area is 60.7 Å². The minimum absolute atomic E-state index is 0.0620. The zero-order valence-corrected chi connectivity index (χ0v) is 5.41. The van der Waals surface area contributed by atoms with E-state index >= 15 is 0 Å². The van der Waals surface area contributed by atoms with Gasteiger partial charge in [-0.2, -0.15) is 0 Å². The van der Waals surface area contributed by atoms with Crippen molar-refractivity contribution >= 4 is 0 Å². The van der Waals surface area contributed by atoms with E-state index in [1.54, 1.807) is 13.8 Å². The lowest BCUT2D eigenvalue weighted by molar-refractivity contribution is 0.244. The van der Waals surface area contributed by atoms with E-state index in [0.29, 0.717) is 0 Å². The molecule has 0 amide bonds. The lowest BCUT2D eigenvalue weighted by Crippen LogP contribution is -2.14. The predicted molar refractivity (Wildman–Crippen MR) is 36.9 cm³/mol. The lowest BCUT2D eigenvalue weighted by atomic mass is 9.78. The third-order valence-corrected chi connectivity index (χ3v) is 1.31. The van der Waals surface area contributed by atoms with Gasteiger partial charge in [-0.15, -0.1) is 0 Å². The predicted octanol–water partition coefficient (Wildman–Crippen LogP) is 2.98. The molecule has 0 unspecified atom stereocenters. The van der Waals surface area contributed by atoms with Crippen LogP contribution in [-0.2, 0) is 0 Å². The maximum absolute atomic E-state index is 7.59. The summed E-state index contributed by atoms with van der Waals surface area (Å²) in [6.45, 7) is 3.55. The summed E-state index contributed by atoms with van der Waals surface area (Å²) in [5, 5.41) is 0. The molecule has 1 fully saturated rings. The molecule has 48 valence electrons. The van der Waals surface area contributed by atoms with Crippen LogP contribution in [0.1, 0.15) is 54.0 Å². The Hall–Kier alpha value is 0. The first-order valence-electron chi connectivity index (χ1n) is 5.91. The summed E-state index contributed by atoms with van der Waals surface area (Å²) >= 11 is 0. The van der Waals surface area contributed by atoms with Crippen molar-refractivity contribution in [3.63, 3.8) is 0 Å². The molecule has 0 nitrogen and oxygen atoms in total. The summed E-state index contributed by atoms with van der Waals surface area (Å²) < 4.78 is 45.4. The summed E-state index contributed by atoms with van der Waals surface area (Å²) in [6, 6.07) is 0. The molecule has 0 heterocycles. The van der Waals surface area contributed by atoms with E-state index < -0.39 is 24.5 Å². The molecule has 0 atom stereocenters. The summed E-state index contributed by atoms with van der Waals surface area (Å²) in [5.74, 6) is 0. The van der Waals surface area contributed by atoms with Gasteiger partial charge >= 0.3 is 0 Å². The van der Waals surface area contributed by atoms with Gasteiger partial charge < -0.3 is 0 Å². The molecule has 0 saturated heterocycles. The van der Waals surface area contributed by atoms with E-state index in [1.807, 2.05) is 0 Å². The Balaban J connectivity index is 3.13. The molecular weight excluding hydrogens is 96.1 g/mol. The van der Waals surface area contributed by atoms with Crippen LogP contribution in [0.4, 0.5) is 0 Å². The van der Waals surface area contributed by atoms with Gasteiger partial charge in [-0.25, -0.2) is 0 Å². The topological polar surface area (TPSA) is 0 Å². The van der Waals surface area contributed by atoms with Crippen LogP contribution in [0, 0.1) is 5.41 Å². The summed E-state index contributed by atoms with van der Waals surface area (Å²) in [4.78, 5) is 0. The summed E-state index contributed by atoms with van der Waals surface area (Å²) in [5.41, 5.74) is -0.487. The maximum Gasteiger partial charge on any atom is 0.0267 e. The average molecular weight is 118 g/mol.